The Morgan fingerprint density at radius 3 is 1.26 bits per heavy atom. The summed E-state index contributed by atoms with van der Waals surface area (Å²) in [5.41, 5.74) is -0.245. The van der Waals surface area contributed by atoms with Crippen LogP contribution < -0.4 is 4.46 Å². The third-order valence-electron chi connectivity index (χ3n) is 6.43. The summed E-state index contributed by atoms with van der Waals surface area (Å²) >= 11 is -1.56. The van der Waals surface area contributed by atoms with Gasteiger partial charge in [-0.3, -0.25) is 0 Å². The van der Waals surface area contributed by atoms with Gasteiger partial charge < -0.3 is 0 Å². The van der Waals surface area contributed by atoms with Crippen molar-refractivity contribution in [2.24, 2.45) is 0 Å². The Kier molecular flexibility index (Phi) is 10.4. The summed E-state index contributed by atoms with van der Waals surface area (Å²) in [5.74, 6) is -77.1. The summed E-state index contributed by atoms with van der Waals surface area (Å²) in [5, 5.41) is 0. The predicted octanol–water partition coefficient (Wildman–Crippen LogP) is 9.68. The molecule has 0 bridgehead atoms. The van der Waals surface area contributed by atoms with Crippen molar-refractivity contribution in [3.63, 3.8) is 0 Å². The van der Waals surface area contributed by atoms with E-state index in [9.17, 15) is 92.2 Å². The van der Waals surface area contributed by atoms with E-state index in [4.69, 9.17) is 0 Å². The van der Waals surface area contributed by atoms with Crippen LogP contribution >= 0.6 is 0 Å². The molecule has 0 amide bonds. The Hall–Kier alpha value is -2.25. The Morgan fingerprint density at radius 1 is 0.500 bits per heavy atom. The molecule has 1 aliphatic rings. The van der Waals surface area contributed by atoms with Gasteiger partial charge in [0.05, 0.1) is 0 Å². The van der Waals surface area contributed by atoms with E-state index in [0.717, 1.165) is 6.08 Å². The van der Waals surface area contributed by atoms with E-state index >= 15 is 0 Å². The van der Waals surface area contributed by atoms with E-state index in [1.807, 2.05) is 0 Å². The van der Waals surface area contributed by atoms with Crippen LogP contribution in [0.3, 0.4) is 0 Å². The van der Waals surface area contributed by atoms with Crippen molar-refractivity contribution in [3.8, 4) is 0 Å². The zero-order valence-electron chi connectivity index (χ0n) is 21.7. The van der Waals surface area contributed by atoms with Crippen LogP contribution in [0.2, 0.25) is 0 Å². The number of hydrogen-bond donors (Lipinski definition) is 0. The summed E-state index contributed by atoms with van der Waals surface area (Å²) < 4.78 is 287. The van der Waals surface area contributed by atoms with Crippen LogP contribution in [0.5, 0.6) is 0 Å². The molecule has 0 atom stereocenters. The van der Waals surface area contributed by atoms with Crippen LogP contribution in [0, 0.1) is 0 Å². The van der Waals surface area contributed by atoms with Crippen molar-refractivity contribution in [2.75, 3.05) is 0 Å². The quantitative estimate of drug-likeness (QED) is 0.147. The molecule has 1 aromatic rings. The first-order chi connectivity index (χ1) is 20.3. The zero-order chi connectivity index (χ0) is 36.2. The molecule has 46 heavy (non-hydrogen) atoms. The molecule has 0 saturated heterocycles. The molecule has 1 aromatic carbocycles. The second-order valence-electron chi connectivity index (χ2n) is 9.61. The van der Waals surface area contributed by atoms with E-state index in [2.05, 4.69) is 0 Å². The normalized spacial score (nSPS) is 17.7. The number of alkyl halides is 21. The first-order valence-electron chi connectivity index (χ1n) is 11.9. The number of benzene rings is 1. The van der Waals surface area contributed by atoms with Gasteiger partial charge in [-0.05, 0) is 0 Å². The molecule has 0 aliphatic heterocycles. The Labute approximate surface area is 249 Å². The molecular formula is C24H15F21Se. The van der Waals surface area contributed by atoms with Gasteiger partial charge in [-0.25, -0.2) is 0 Å². The van der Waals surface area contributed by atoms with Crippen molar-refractivity contribution >= 4 is 19.4 Å². The standard InChI is InChI=1S/C24H15F21Se/c25-15(26,11-14(12-7-3-1-4-8-12)46-13-9-5-2-6-10-13)16(27,28)17(29,30)18(31,32)19(33,34)20(35,36)21(37,38)22(39,40)23(41,42)24(43,44)45/h2,5-7,9-11H,1,3-4,8H2/b14-11+. The zero-order valence-corrected chi connectivity index (χ0v) is 23.4. The molecule has 0 saturated carbocycles. The Morgan fingerprint density at radius 2 is 0.891 bits per heavy atom. The molecule has 0 spiro atoms. The second-order valence-corrected chi connectivity index (χ2v) is 12.0. The molecule has 0 N–H and O–H groups in total. The average molecular weight is 781 g/mol. The van der Waals surface area contributed by atoms with E-state index in [0.29, 0.717) is 6.42 Å². The summed E-state index contributed by atoms with van der Waals surface area (Å²) in [6.45, 7) is 0. The first-order valence-corrected chi connectivity index (χ1v) is 13.6. The van der Waals surface area contributed by atoms with Crippen LogP contribution in [0.15, 0.2) is 52.5 Å². The summed E-state index contributed by atoms with van der Waals surface area (Å²) in [6.07, 6.45) is -7.51. The second kappa shape index (κ2) is 12.0. The van der Waals surface area contributed by atoms with Gasteiger partial charge in [0.2, 0.25) is 0 Å². The SMILES string of the molecule is FC(F)(F)C(F)(F)C(F)(F)C(F)(F)C(F)(F)C(F)(F)C(F)(F)C(F)(F)C(F)(F)C(F)(F)/C=C(/[Se]c1ccccc1)C1=CCCCC1. The van der Waals surface area contributed by atoms with E-state index in [1.54, 1.807) is 0 Å². The van der Waals surface area contributed by atoms with Crippen LogP contribution in [-0.4, -0.2) is 74.4 Å². The molecule has 264 valence electrons. The minimum absolute atomic E-state index is 0.0499. The molecule has 2 rings (SSSR count). The summed E-state index contributed by atoms with van der Waals surface area (Å²) in [7, 11) is 0. The number of halogens is 21. The molecule has 1 aliphatic carbocycles. The molecule has 0 nitrogen and oxygen atoms in total. The van der Waals surface area contributed by atoms with Crippen molar-refractivity contribution in [3.05, 3.63) is 52.5 Å². The van der Waals surface area contributed by atoms with E-state index < -0.39 is 85.0 Å². The fraction of sp³-hybridized carbons (Fsp3) is 0.583. The first kappa shape index (κ1) is 39.9. The average Bonchev–Trinajstić information content (AvgIpc) is 2.92. The molecule has 0 radical (unpaired) electrons. The van der Waals surface area contributed by atoms with Crippen molar-refractivity contribution in [2.45, 2.75) is 85.2 Å². The van der Waals surface area contributed by atoms with Crippen molar-refractivity contribution in [1.29, 1.82) is 0 Å². The van der Waals surface area contributed by atoms with Gasteiger partial charge >= 0.3 is 236 Å². The topological polar surface area (TPSA) is 0 Å². The third-order valence-corrected chi connectivity index (χ3v) is 8.75. The maximum atomic E-state index is 14.7. The van der Waals surface area contributed by atoms with E-state index in [1.165, 1.54) is 30.3 Å². The monoisotopic (exact) mass is 782 g/mol. The fourth-order valence-corrected chi connectivity index (χ4v) is 5.94. The number of rotatable bonds is 12. The molecule has 0 heterocycles. The van der Waals surface area contributed by atoms with Gasteiger partial charge in [-0.15, -0.1) is 0 Å². The summed E-state index contributed by atoms with van der Waals surface area (Å²) in [4.78, 5) is 0. The van der Waals surface area contributed by atoms with Crippen molar-refractivity contribution < 1.29 is 92.2 Å². The Balaban J connectivity index is 2.71. The minimum atomic E-state index is -9.18. The molecule has 0 unspecified atom stereocenters. The van der Waals surface area contributed by atoms with Gasteiger partial charge in [-0.2, -0.15) is 13.2 Å². The fourth-order valence-electron chi connectivity index (χ4n) is 3.69. The van der Waals surface area contributed by atoms with Crippen LogP contribution in [0.4, 0.5) is 92.2 Å². The maximum absolute atomic E-state index is 14.7. The molecular weight excluding hydrogens is 766 g/mol. The van der Waals surface area contributed by atoms with Gasteiger partial charge in [0.15, 0.2) is 0 Å². The molecule has 22 heteroatoms. The third kappa shape index (κ3) is 5.97. The predicted molar refractivity (Wildman–Crippen MR) is 117 cm³/mol. The van der Waals surface area contributed by atoms with Gasteiger partial charge in [-0.1, -0.05) is 0 Å². The summed E-state index contributed by atoms with van der Waals surface area (Å²) in [6, 6.07) is 6.30. The van der Waals surface area contributed by atoms with E-state index in [-0.39, 0.29) is 29.3 Å². The van der Waals surface area contributed by atoms with Gasteiger partial charge in [0.1, 0.15) is 0 Å². The van der Waals surface area contributed by atoms with Crippen molar-refractivity contribution in [1.82, 2.24) is 0 Å². The van der Waals surface area contributed by atoms with Crippen LogP contribution in [0.25, 0.3) is 0 Å². The molecule has 0 fully saturated rings. The van der Waals surface area contributed by atoms with Gasteiger partial charge in [0.25, 0.3) is 0 Å². The number of allylic oxidation sites excluding steroid dienone is 4. The Bertz CT molecular complexity index is 1290. The van der Waals surface area contributed by atoms with Gasteiger partial charge in [0, 0.05) is 0 Å². The van der Waals surface area contributed by atoms with Crippen LogP contribution in [0.1, 0.15) is 25.7 Å². The number of hydrogen-bond acceptors (Lipinski definition) is 0. The van der Waals surface area contributed by atoms with Crippen LogP contribution in [-0.2, 0) is 0 Å². The molecule has 0 aromatic heterocycles.